The molecule has 2 heterocycles. The first-order valence-electron chi connectivity index (χ1n) is 7.37. The van der Waals surface area contributed by atoms with Crippen molar-refractivity contribution >= 4 is 11.9 Å². The lowest BCUT2D eigenvalue weighted by Gasteiger charge is -2.07. The quantitative estimate of drug-likeness (QED) is 0.651. The number of hydrogen-bond acceptors (Lipinski definition) is 2. The largest absolute Gasteiger partial charge is 0.303 e. The molecular weight excluding hydrogens is 270 g/mol. The first-order chi connectivity index (χ1) is 10.7. The van der Waals surface area contributed by atoms with Crippen LogP contribution in [0.3, 0.4) is 0 Å². The van der Waals surface area contributed by atoms with Crippen molar-refractivity contribution in [2.24, 2.45) is 4.99 Å². The Kier molecular flexibility index (Phi) is 3.88. The standard InChI is InChI=1S/C19H19N3/c1-14-8-4-5-9-18(14)21-13-17-12-15(2)22(16(17)3)19-10-6-7-11-20-19/h4-13H,1-3H3. The molecule has 3 aromatic rings. The molecule has 0 fully saturated rings. The molecule has 110 valence electrons. The van der Waals surface area contributed by atoms with Gasteiger partial charge in [0.15, 0.2) is 0 Å². The first-order valence-corrected chi connectivity index (χ1v) is 7.37. The van der Waals surface area contributed by atoms with E-state index in [-0.39, 0.29) is 0 Å². The molecule has 0 saturated carbocycles. The molecule has 0 aliphatic heterocycles. The summed E-state index contributed by atoms with van der Waals surface area (Å²) in [6.07, 6.45) is 3.75. The second kappa shape index (κ2) is 5.98. The average molecular weight is 289 g/mol. The van der Waals surface area contributed by atoms with Crippen LogP contribution in [0.1, 0.15) is 22.5 Å². The third-order valence-corrected chi connectivity index (χ3v) is 3.81. The van der Waals surface area contributed by atoms with Crippen molar-refractivity contribution in [1.29, 1.82) is 0 Å². The fraction of sp³-hybridized carbons (Fsp3) is 0.158. The third kappa shape index (κ3) is 2.70. The minimum absolute atomic E-state index is 0.938. The summed E-state index contributed by atoms with van der Waals surface area (Å²) < 4.78 is 2.15. The van der Waals surface area contributed by atoms with Crippen molar-refractivity contribution in [1.82, 2.24) is 9.55 Å². The van der Waals surface area contributed by atoms with E-state index in [4.69, 9.17) is 0 Å². The molecule has 0 atom stereocenters. The molecule has 3 rings (SSSR count). The fourth-order valence-corrected chi connectivity index (χ4v) is 2.60. The molecule has 0 aliphatic rings. The predicted molar refractivity (Wildman–Crippen MR) is 91.5 cm³/mol. The van der Waals surface area contributed by atoms with E-state index in [9.17, 15) is 0 Å². The minimum atomic E-state index is 0.938. The number of aryl methyl sites for hydroxylation is 2. The van der Waals surface area contributed by atoms with Crippen LogP contribution >= 0.6 is 0 Å². The molecule has 0 radical (unpaired) electrons. The summed E-state index contributed by atoms with van der Waals surface area (Å²) in [6, 6.07) is 16.2. The number of para-hydroxylation sites is 1. The van der Waals surface area contributed by atoms with Gasteiger partial charge in [-0.2, -0.15) is 0 Å². The molecule has 1 aromatic carbocycles. The summed E-state index contributed by atoms with van der Waals surface area (Å²) in [4.78, 5) is 9.06. The van der Waals surface area contributed by atoms with Gasteiger partial charge in [0, 0.05) is 29.4 Å². The number of benzene rings is 1. The molecule has 0 unspecified atom stereocenters. The maximum absolute atomic E-state index is 4.63. The second-order valence-corrected chi connectivity index (χ2v) is 5.39. The minimum Gasteiger partial charge on any atom is -0.303 e. The van der Waals surface area contributed by atoms with Crippen LogP contribution in [0.2, 0.25) is 0 Å². The monoisotopic (exact) mass is 289 g/mol. The van der Waals surface area contributed by atoms with E-state index >= 15 is 0 Å². The van der Waals surface area contributed by atoms with Crippen molar-refractivity contribution in [3.8, 4) is 5.82 Å². The van der Waals surface area contributed by atoms with Crippen molar-refractivity contribution in [3.63, 3.8) is 0 Å². The van der Waals surface area contributed by atoms with E-state index in [1.807, 2.05) is 48.8 Å². The Bertz CT molecular complexity index is 814. The van der Waals surface area contributed by atoms with E-state index in [0.717, 1.165) is 28.5 Å². The van der Waals surface area contributed by atoms with E-state index < -0.39 is 0 Å². The molecule has 0 saturated heterocycles. The molecule has 0 spiro atoms. The third-order valence-electron chi connectivity index (χ3n) is 3.81. The zero-order valence-electron chi connectivity index (χ0n) is 13.1. The maximum atomic E-state index is 4.63. The summed E-state index contributed by atoms with van der Waals surface area (Å²) >= 11 is 0. The topological polar surface area (TPSA) is 30.2 Å². The summed E-state index contributed by atoms with van der Waals surface area (Å²) in [5.74, 6) is 0.938. The van der Waals surface area contributed by atoms with Crippen LogP contribution in [0.5, 0.6) is 0 Å². The molecule has 0 amide bonds. The summed E-state index contributed by atoms with van der Waals surface area (Å²) in [5.41, 5.74) is 5.60. The van der Waals surface area contributed by atoms with Crippen LogP contribution in [0.15, 0.2) is 59.7 Å². The smallest absolute Gasteiger partial charge is 0.136 e. The van der Waals surface area contributed by atoms with Crippen LogP contribution in [0.25, 0.3) is 5.82 Å². The molecule has 3 heteroatoms. The van der Waals surface area contributed by atoms with Gasteiger partial charge in [0.2, 0.25) is 0 Å². The second-order valence-electron chi connectivity index (χ2n) is 5.39. The Labute approximate surface area is 131 Å². The normalized spacial score (nSPS) is 11.2. The Morgan fingerprint density at radius 3 is 2.50 bits per heavy atom. The summed E-state index contributed by atoms with van der Waals surface area (Å²) in [5, 5.41) is 0. The summed E-state index contributed by atoms with van der Waals surface area (Å²) in [6.45, 7) is 6.26. The van der Waals surface area contributed by atoms with E-state index in [1.54, 1.807) is 0 Å². The van der Waals surface area contributed by atoms with Gasteiger partial charge in [0.1, 0.15) is 5.82 Å². The Hall–Kier alpha value is -2.68. The van der Waals surface area contributed by atoms with Gasteiger partial charge in [-0.15, -0.1) is 0 Å². The van der Waals surface area contributed by atoms with Crippen LogP contribution in [0.4, 0.5) is 5.69 Å². The van der Waals surface area contributed by atoms with Crippen molar-refractivity contribution in [2.75, 3.05) is 0 Å². The zero-order chi connectivity index (χ0) is 15.5. The zero-order valence-corrected chi connectivity index (χ0v) is 13.1. The fourth-order valence-electron chi connectivity index (χ4n) is 2.60. The highest BCUT2D eigenvalue weighted by atomic mass is 15.1. The van der Waals surface area contributed by atoms with Crippen molar-refractivity contribution in [2.45, 2.75) is 20.8 Å². The van der Waals surface area contributed by atoms with Gasteiger partial charge in [-0.3, -0.25) is 4.99 Å². The predicted octanol–water partition coefficient (Wildman–Crippen LogP) is 4.55. The molecule has 0 aliphatic carbocycles. The highest BCUT2D eigenvalue weighted by molar-refractivity contribution is 5.84. The van der Waals surface area contributed by atoms with Gasteiger partial charge >= 0.3 is 0 Å². The molecule has 2 aromatic heterocycles. The van der Waals surface area contributed by atoms with E-state index in [2.05, 4.69) is 47.4 Å². The molecule has 0 N–H and O–H groups in total. The van der Waals surface area contributed by atoms with Gasteiger partial charge in [0.05, 0.1) is 5.69 Å². The Morgan fingerprint density at radius 1 is 1.00 bits per heavy atom. The lowest BCUT2D eigenvalue weighted by molar-refractivity contribution is 0.921. The average Bonchev–Trinajstić information content (AvgIpc) is 2.81. The Morgan fingerprint density at radius 2 is 1.77 bits per heavy atom. The number of hydrogen-bond donors (Lipinski definition) is 0. The van der Waals surface area contributed by atoms with Crippen LogP contribution in [-0.4, -0.2) is 15.8 Å². The lowest BCUT2D eigenvalue weighted by Crippen LogP contribution is -2.01. The van der Waals surface area contributed by atoms with Crippen LogP contribution in [0, 0.1) is 20.8 Å². The molecule has 3 nitrogen and oxygen atoms in total. The number of pyridine rings is 1. The molecular formula is C19H19N3. The van der Waals surface area contributed by atoms with Crippen LogP contribution in [-0.2, 0) is 0 Å². The van der Waals surface area contributed by atoms with E-state index in [0.29, 0.717) is 0 Å². The van der Waals surface area contributed by atoms with Gasteiger partial charge in [-0.05, 0) is 50.6 Å². The Balaban J connectivity index is 1.99. The maximum Gasteiger partial charge on any atom is 0.136 e. The number of nitrogens with zero attached hydrogens (tertiary/aromatic N) is 3. The van der Waals surface area contributed by atoms with Crippen molar-refractivity contribution < 1.29 is 0 Å². The number of aromatic nitrogens is 2. The van der Waals surface area contributed by atoms with Crippen LogP contribution < -0.4 is 0 Å². The lowest BCUT2D eigenvalue weighted by atomic mass is 10.2. The number of aliphatic imine (C=N–C) groups is 1. The van der Waals surface area contributed by atoms with Crippen molar-refractivity contribution in [3.05, 3.63) is 77.2 Å². The van der Waals surface area contributed by atoms with Gasteiger partial charge in [-0.25, -0.2) is 4.98 Å². The van der Waals surface area contributed by atoms with E-state index in [1.165, 1.54) is 5.56 Å². The van der Waals surface area contributed by atoms with Gasteiger partial charge in [-0.1, -0.05) is 24.3 Å². The highest BCUT2D eigenvalue weighted by Crippen LogP contribution is 2.20. The van der Waals surface area contributed by atoms with Gasteiger partial charge < -0.3 is 4.57 Å². The molecule has 0 bridgehead atoms. The first kappa shape index (κ1) is 14.3. The summed E-state index contributed by atoms with van der Waals surface area (Å²) in [7, 11) is 0. The SMILES string of the molecule is Cc1ccccc1N=Cc1cc(C)n(-c2ccccn2)c1C. The highest BCUT2D eigenvalue weighted by Gasteiger charge is 2.09. The van der Waals surface area contributed by atoms with Gasteiger partial charge in [0.25, 0.3) is 0 Å². The molecule has 22 heavy (non-hydrogen) atoms. The number of rotatable bonds is 3.